The molecule has 4 rings (SSSR count). The van der Waals surface area contributed by atoms with Crippen LogP contribution in [0.5, 0.6) is 0 Å². The highest BCUT2D eigenvalue weighted by Gasteiger charge is 2.36. The van der Waals surface area contributed by atoms with E-state index in [0.717, 1.165) is 24.1 Å². The van der Waals surface area contributed by atoms with E-state index >= 15 is 0 Å². The second kappa shape index (κ2) is 8.26. The Morgan fingerprint density at radius 1 is 1.33 bits per heavy atom. The molecule has 7 nitrogen and oxygen atoms in total. The number of nitrogens with one attached hydrogen (secondary N) is 1. The van der Waals surface area contributed by atoms with Gasteiger partial charge in [0.15, 0.2) is 0 Å². The number of hydrogen-bond donors (Lipinski definition) is 1. The van der Waals surface area contributed by atoms with Crippen LogP contribution in [-0.2, 0) is 17.6 Å². The fraction of sp³-hybridized carbons (Fsp3) is 0.455. The van der Waals surface area contributed by atoms with Gasteiger partial charge < -0.3 is 9.73 Å². The number of hydrogen-bond acceptors (Lipinski definition) is 6. The number of carbonyl (C=O) groups excluding carboxylic acids is 1. The van der Waals surface area contributed by atoms with Crippen LogP contribution in [0.1, 0.15) is 55.9 Å². The molecule has 158 valence electrons. The third kappa shape index (κ3) is 4.28. The third-order valence-corrected chi connectivity index (χ3v) is 6.25. The van der Waals surface area contributed by atoms with Gasteiger partial charge in [-0.05, 0) is 36.8 Å². The van der Waals surface area contributed by atoms with E-state index in [4.69, 9.17) is 4.42 Å². The van der Waals surface area contributed by atoms with Gasteiger partial charge in [-0.2, -0.15) is 5.10 Å². The van der Waals surface area contributed by atoms with Crippen molar-refractivity contribution in [2.24, 2.45) is 5.41 Å². The molecule has 0 radical (unpaired) electrons. The van der Waals surface area contributed by atoms with Gasteiger partial charge >= 0.3 is 0 Å². The number of rotatable bonds is 6. The molecular weight excluding hydrogens is 398 g/mol. The Hall–Kier alpha value is -2.61. The molecule has 1 aliphatic carbocycles. The number of amides is 1. The second-order valence-corrected chi connectivity index (χ2v) is 9.44. The lowest BCUT2D eigenvalue weighted by Gasteiger charge is -2.36. The van der Waals surface area contributed by atoms with Crippen LogP contribution in [0.3, 0.4) is 0 Å². The lowest BCUT2D eigenvalue weighted by atomic mass is 9.74. The van der Waals surface area contributed by atoms with Crippen LogP contribution in [0.15, 0.2) is 40.1 Å². The minimum Gasteiger partial charge on any atom is -0.416 e. The van der Waals surface area contributed by atoms with E-state index in [-0.39, 0.29) is 23.1 Å². The number of thioether (sulfide) groups is 1. The summed E-state index contributed by atoms with van der Waals surface area (Å²) in [6.07, 6.45) is 4.38. The normalized spacial score (nSPS) is 17.5. The van der Waals surface area contributed by atoms with Crippen molar-refractivity contribution in [2.45, 2.75) is 58.2 Å². The highest BCUT2D eigenvalue weighted by molar-refractivity contribution is 7.99. The number of para-hydroxylation sites is 1. The van der Waals surface area contributed by atoms with E-state index in [0.29, 0.717) is 17.5 Å². The predicted octanol–water partition coefficient (Wildman–Crippen LogP) is 4.05. The molecule has 1 aromatic carbocycles. The number of nitrogens with zero attached hydrogens (tertiary/aromatic N) is 4. The van der Waals surface area contributed by atoms with Gasteiger partial charge in [0.05, 0.1) is 29.4 Å². The summed E-state index contributed by atoms with van der Waals surface area (Å²) in [6.45, 7) is 8.52. The van der Waals surface area contributed by atoms with Crippen molar-refractivity contribution in [3.05, 3.63) is 53.2 Å². The minimum atomic E-state index is -0.0662. The van der Waals surface area contributed by atoms with Gasteiger partial charge in [0.1, 0.15) is 0 Å². The van der Waals surface area contributed by atoms with Gasteiger partial charge in [-0.15, -0.1) is 10.2 Å². The number of fused-ring (bicyclic) bond motifs is 1. The summed E-state index contributed by atoms with van der Waals surface area (Å²) in [6, 6.07) is 8.18. The number of carbonyl (C=O) groups is 1. The number of benzene rings is 1. The van der Waals surface area contributed by atoms with Crippen molar-refractivity contribution in [2.75, 3.05) is 5.75 Å². The predicted molar refractivity (Wildman–Crippen MR) is 116 cm³/mol. The topological polar surface area (TPSA) is 85.8 Å². The van der Waals surface area contributed by atoms with Crippen LogP contribution in [0, 0.1) is 12.3 Å². The standard InChI is InChI=1S/C22H27N5O2S/c1-5-20-25-26-21(29-20)30-13-19(28)24-16-10-22(3,4)11-18-15(16)12-23-27(18)17-9-7-6-8-14(17)2/h6-9,12,16H,5,10-11,13H2,1-4H3,(H,24,28)/t16-/m0/s1. The highest BCUT2D eigenvalue weighted by Crippen LogP contribution is 2.41. The Morgan fingerprint density at radius 3 is 2.87 bits per heavy atom. The summed E-state index contributed by atoms with van der Waals surface area (Å²) in [4.78, 5) is 12.7. The molecule has 0 fully saturated rings. The Bertz CT molecular complexity index is 1060. The van der Waals surface area contributed by atoms with Gasteiger partial charge in [0.2, 0.25) is 11.8 Å². The summed E-state index contributed by atoms with van der Waals surface area (Å²) < 4.78 is 7.51. The largest absolute Gasteiger partial charge is 0.416 e. The van der Waals surface area contributed by atoms with Crippen LogP contribution in [0.25, 0.3) is 5.69 Å². The SMILES string of the molecule is CCc1nnc(SCC(=O)N[C@H]2CC(C)(C)Cc3c2cnn3-c2ccccc2C)o1. The maximum Gasteiger partial charge on any atom is 0.277 e. The third-order valence-electron chi connectivity index (χ3n) is 5.44. The van der Waals surface area contributed by atoms with Crippen LogP contribution < -0.4 is 5.32 Å². The average Bonchev–Trinajstić information content (AvgIpc) is 3.33. The molecule has 2 heterocycles. The van der Waals surface area contributed by atoms with Crippen molar-refractivity contribution in [3.8, 4) is 5.69 Å². The van der Waals surface area contributed by atoms with Crippen molar-refractivity contribution in [3.63, 3.8) is 0 Å². The van der Waals surface area contributed by atoms with Crippen LogP contribution in [0.2, 0.25) is 0 Å². The van der Waals surface area contributed by atoms with E-state index < -0.39 is 0 Å². The molecule has 30 heavy (non-hydrogen) atoms. The maximum atomic E-state index is 12.7. The van der Waals surface area contributed by atoms with Gasteiger partial charge in [0.25, 0.3) is 5.22 Å². The van der Waals surface area contributed by atoms with Crippen molar-refractivity contribution >= 4 is 17.7 Å². The smallest absolute Gasteiger partial charge is 0.277 e. The zero-order valence-corrected chi connectivity index (χ0v) is 18.6. The summed E-state index contributed by atoms with van der Waals surface area (Å²) in [5, 5.41) is 16.2. The Balaban J connectivity index is 1.52. The summed E-state index contributed by atoms with van der Waals surface area (Å²) >= 11 is 1.27. The minimum absolute atomic E-state index is 0.0476. The molecule has 1 N–H and O–H groups in total. The fourth-order valence-electron chi connectivity index (χ4n) is 3.98. The lowest BCUT2D eigenvalue weighted by Crippen LogP contribution is -2.37. The van der Waals surface area contributed by atoms with Gasteiger partial charge in [0, 0.05) is 12.0 Å². The van der Waals surface area contributed by atoms with E-state index in [1.807, 2.05) is 29.9 Å². The first-order chi connectivity index (χ1) is 14.4. The monoisotopic (exact) mass is 425 g/mol. The van der Waals surface area contributed by atoms with Crippen molar-refractivity contribution in [1.29, 1.82) is 0 Å². The Kier molecular flexibility index (Phi) is 5.69. The number of aromatic nitrogens is 4. The van der Waals surface area contributed by atoms with Gasteiger partial charge in [-0.1, -0.05) is 50.7 Å². The van der Waals surface area contributed by atoms with E-state index in [9.17, 15) is 4.79 Å². The molecule has 0 aliphatic heterocycles. The summed E-state index contributed by atoms with van der Waals surface area (Å²) in [5.74, 6) is 0.775. The van der Waals surface area contributed by atoms with Crippen LogP contribution >= 0.6 is 11.8 Å². The first-order valence-corrected chi connectivity index (χ1v) is 11.2. The molecule has 1 amide bonds. The van der Waals surface area contributed by atoms with E-state index in [2.05, 4.69) is 53.5 Å². The molecule has 8 heteroatoms. The molecule has 0 unspecified atom stereocenters. The summed E-state index contributed by atoms with van der Waals surface area (Å²) in [7, 11) is 0. The molecule has 1 aliphatic rings. The molecule has 2 aromatic heterocycles. The van der Waals surface area contributed by atoms with Gasteiger partial charge in [-0.25, -0.2) is 4.68 Å². The molecule has 0 bridgehead atoms. The quantitative estimate of drug-likeness (QED) is 0.600. The Labute approximate surface area is 180 Å². The molecule has 3 aromatic rings. The first kappa shape index (κ1) is 20.7. The average molecular weight is 426 g/mol. The fourth-order valence-corrected chi connectivity index (χ4v) is 4.57. The zero-order chi connectivity index (χ0) is 21.3. The van der Waals surface area contributed by atoms with Crippen molar-refractivity contribution in [1.82, 2.24) is 25.3 Å². The van der Waals surface area contributed by atoms with Crippen LogP contribution in [-0.4, -0.2) is 31.6 Å². The number of aryl methyl sites for hydroxylation is 2. The second-order valence-electron chi connectivity index (χ2n) is 8.51. The highest BCUT2D eigenvalue weighted by atomic mass is 32.2. The van der Waals surface area contributed by atoms with Gasteiger partial charge in [-0.3, -0.25) is 4.79 Å². The summed E-state index contributed by atoms with van der Waals surface area (Å²) in [5.41, 5.74) is 4.58. The van der Waals surface area contributed by atoms with Crippen molar-refractivity contribution < 1.29 is 9.21 Å². The van der Waals surface area contributed by atoms with Crippen LogP contribution in [0.4, 0.5) is 0 Å². The van der Waals surface area contributed by atoms with E-state index in [1.54, 1.807) is 0 Å². The zero-order valence-electron chi connectivity index (χ0n) is 17.8. The molecule has 0 saturated carbocycles. The van der Waals surface area contributed by atoms with E-state index in [1.165, 1.54) is 23.0 Å². The Morgan fingerprint density at radius 2 is 2.13 bits per heavy atom. The lowest BCUT2D eigenvalue weighted by molar-refractivity contribution is -0.119. The molecule has 1 atom stereocenters. The molecular formula is C22H27N5O2S. The maximum absolute atomic E-state index is 12.7. The molecule has 0 saturated heterocycles. The first-order valence-electron chi connectivity index (χ1n) is 10.2. The molecule has 0 spiro atoms.